The molecule has 3 rings (SSSR count). The number of amides is 2. The molecule has 8 nitrogen and oxygen atoms in total. The Balaban J connectivity index is 1.89. The molecule has 2 aromatic rings. The van der Waals surface area contributed by atoms with Crippen LogP contribution in [0.2, 0.25) is 0 Å². The molecule has 1 aliphatic heterocycles. The van der Waals surface area contributed by atoms with Crippen molar-refractivity contribution in [2.24, 2.45) is 0 Å². The topological polar surface area (TPSA) is 116 Å². The first kappa shape index (κ1) is 22.0. The minimum absolute atomic E-state index is 0.0283. The number of piperazine rings is 1. The third kappa shape index (κ3) is 4.91. The summed E-state index contributed by atoms with van der Waals surface area (Å²) in [6.45, 7) is 0.349. The molecule has 2 N–H and O–H groups in total. The van der Waals surface area contributed by atoms with E-state index in [4.69, 9.17) is 11.0 Å². The summed E-state index contributed by atoms with van der Waals surface area (Å²) < 4.78 is 38.2. The Morgan fingerprint density at radius 1 is 1.35 bits per heavy atom. The highest BCUT2D eigenvalue weighted by atomic mass is 19.4. The van der Waals surface area contributed by atoms with Gasteiger partial charge in [-0.15, -0.1) is 0 Å². The van der Waals surface area contributed by atoms with E-state index in [1.54, 1.807) is 18.2 Å². The summed E-state index contributed by atoms with van der Waals surface area (Å²) >= 11 is 0. The zero-order valence-corrected chi connectivity index (χ0v) is 16.6. The first-order valence-corrected chi connectivity index (χ1v) is 9.36. The van der Waals surface area contributed by atoms with Crippen LogP contribution in [0.25, 0.3) is 11.3 Å². The number of anilines is 1. The van der Waals surface area contributed by atoms with Gasteiger partial charge in [-0.1, -0.05) is 12.1 Å². The van der Waals surface area contributed by atoms with Crippen molar-refractivity contribution >= 4 is 17.6 Å². The number of nitrogens with two attached hydrogens (primary N) is 1. The highest BCUT2D eigenvalue weighted by Gasteiger charge is 2.39. The lowest BCUT2D eigenvalue weighted by atomic mass is 10.0. The second-order valence-corrected chi connectivity index (χ2v) is 7.11. The molecular weight excluding hydrogens is 413 g/mol. The van der Waals surface area contributed by atoms with Crippen molar-refractivity contribution in [2.75, 3.05) is 25.9 Å². The van der Waals surface area contributed by atoms with Gasteiger partial charge in [-0.25, -0.2) is 9.97 Å². The molecule has 1 fully saturated rings. The molecule has 1 aromatic heterocycles. The number of hydrogen-bond donors (Lipinski definition) is 1. The Morgan fingerprint density at radius 2 is 2.10 bits per heavy atom. The highest BCUT2D eigenvalue weighted by Crippen LogP contribution is 2.27. The van der Waals surface area contributed by atoms with Gasteiger partial charge in [0.05, 0.1) is 11.9 Å². The zero-order valence-electron chi connectivity index (χ0n) is 16.6. The van der Waals surface area contributed by atoms with Gasteiger partial charge in [0.2, 0.25) is 5.91 Å². The molecule has 2 heterocycles. The van der Waals surface area contributed by atoms with Gasteiger partial charge in [0, 0.05) is 37.7 Å². The number of carbonyl (C=O) groups excluding carboxylic acids is 2. The fourth-order valence-electron chi connectivity index (χ4n) is 3.34. The molecule has 1 unspecified atom stereocenters. The number of nitrogen functional groups attached to an aromatic ring is 1. The smallest absolute Gasteiger partial charge is 0.381 e. The molecule has 11 heteroatoms. The fraction of sp³-hybridized carbons (Fsp3) is 0.350. The number of carbonyl (C=O) groups is 2. The number of likely N-dealkylation sites (N-methyl/N-ethyl adjacent to an activating group) is 1. The van der Waals surface area contributed by atoms with Gasteiger partial charge >= 0.3 is 6.18 Å². The molecular formula is C20H19F3N6O2. The standard InChI is InChI=1S/C20H19F3N6O2/c1-28-7-8-29(16(19(28)31)5-6-20(21,22)23)18(30)13-4-2-3-12(9-13)15-11-26-14(10-24)17(25)27-15/h2-4,9,11,16H,5-8H2,1H3,(H2,25,27). The molecule has 1 atom stereocenters. The third-order valence-corrected chi connectivity index (χ3v) is 4.99. The van der Waals surface area contributed by atoms with Gasteiger partial charge in [0.1, 0.15) is 12.1 Å². The minimum atomic E-state index is -4.43. The van der Waals surface area contributed by atoms with Crippen LogP contribution in [0.4, 0.5) is 19.0 Å². The van der Waals surface area contributed by atoms with E-state index in [-0.39, 0.29) is 30.2 Å². The summed E-state index contributed by atoms with van der Waals surface area (Å²) in [7, 11) is 1.50. The number of nitriles is 1. The van der Waals surface area contributed by atoms with E-state index in [0.717, 1.165) is 0 Å². The molecule has 1 aliphatic rings. The van der Waals surface area contributed by atoms with Crippen LogP contribution >= 0.6 is 0 Å². The summed E-state index contributed by atoms with van der Waals surface area (Å²) in [6, 6.07) is 6.86. The maximum atomic E-state index is 13.1. The molecule has 0 spiro atoms. The number of halogens is 3. The number of alkyl halides is 3. The lowest BCUT2D eigenvalue weighted by Crippen LogP contribution is -2.57. The lowest BCUT2D eigenvalue weighted by Gasteiger charge is -2.39. The van der Waals surface area contributed by atoms with Gasteiger partial charge in [0.15, 0.2) is 11.5 Å². The maximum absolute atomic E-state index is 13.1. The minimum Gasteiger partial charge on any atom is -0.381 e. The number of hydrogen-bond acceptors (Lipinski definition) is 6. The van der Waals surface area contributed by atoms with Gasteiger partial charge in [-0.3, -0.25) is 9.59 Å². The number of rotatable bonds is 4. The summed E-state index contributed by atoms with van der Waals surface area (Å²) in [5.41, 5.74) is 6.67. The van der Waals surface area contributed by atoms with Crippen LogP contribution in [0.15, 0.2) is 30.5 Å². The molecule has 0 aliphatic carbocycles. The van der Waals surface area contributed by atoms with Crippen molar-refractivity contribution in [3.63, 3.8) is 0 Å². The van der Waals surface area contributed by atoms with E-state index < -0.39 is 36.9 Å². The Morgan fingerprint density at radius 3 is 2.74 bits per heavy atom. The van der Waals surface area contributed by atoms with Crippen LogP contribution in [0.1, 0.15) is 28.9 Å². The summed E-state index contributed by atoms with van der Waals surface area (Å²) in [5.74, 6) is -1.13. The molecule has 0 bridgehead atoms. The van der Waals surface area contributed by atoms with E-state index in [2.05, 4.69) is 9.97 Å². The number of nitrogens with zero attached hydrogens (tertiary/aromatic N) is 5. The van der Waals surface area contributed by atoms with Gasteiger partial charge in [0.25, 0.3) is 5.91 Å². The van der Waals surface area contributed by atoms with Crippen molar-refractivity contribution in [2.45, 2.75) is 25.1 Å². The monoisotopic (exact) mass is 432 g/mol. The molecule has 0 saturated carbocycles. The predicted octanol–water partition coefficient (Wildman–Crippen LogP) is 2.22. The Bertz CT molecular complexity index is 1050. The Kier molecular flexibility index (Phi) is 6.10. The van der Waals surface area contributed by atoms with Crippen LogP contribution < -0.4 is 5.73 Å². The summed E-state index contributed by atoms with van der Waals surface area (Å²) in [5, 5.41) is 8.92. The van der Waals surface area contributed by atoms with Crippen molar-refractivity contribution < 1.29 is 22.8 Å². The van der Waals surface area contributed by atoms with Crippen molar-refractivity contribution in [1.29, 1.82) is 5.26 Å². The van der Waals surface area contributed by atoms with E-state index in [9.17, 15) is 22.8 Å². The SMILES string of the molecule is CN1CCN(C(=O)c2cccc(-c3cnc(C#N)c(N)n3)c2)C(CCC(F)(F)F)C1=O. The van der Waals surface area contributed by atoms with Gasteiger partial charge < -0.3 is 15.5 Å². The lowest BCUT2D eigenvalue weighted by molar-refractivity contribution is -0.148. The summed E-state index contributed by atoms with van der Waals surface area (Å²) in [4.78, 5) is 36.1. The quantitative estimate of drug-likeness (QED) is 0.792. The molecule has 1 saturated heterocycles. The molecule has 0 radical (unpaired) electrons. The predicted molar refractivity (Wildman–Crippen MR) is 104 cm³/mol. The summed E-state index contributed by atoms with van der Waals surface area (Å²) in [6.07, 6.45) is -4.76. The van der Waals surface area contributed by atoms with E-state index in [1.807, 2.05) is 0 Å². The zero-order chi connectivity index (χ0) is 22.8. The number of aromatic nitrogens is 2. The van der Waals surface area contributed by atoms with Crippen molar-refractivity contribution in [1.82, 2.24) is 19.8 Å². The molecule has 162 valence electrons. The molecule has 1 aromatic carbocycles. The second kappa shape index (κ2) is 8.59. The van der Waals surface area contributed by atoms with Crippen molar-refractivity contribution in [3.8, 4) is 17.3 Å². The average molecular weight is 432 g/mol. The highest BCUT2D eigenvalue weighted by molar-refractivity contribution is 5.99. The van der Waals surface area contributed by atoms with Crippen LogP contribution in [-0.2, 0) is 4.79 Å². The van der Waals surface area contributed by atoms with Crippen LogP contribution in [0.5, 0.6) is 0 Å². The van der Waals surface area contributed by atoms with Crippen LogP contribution in [-0.4, -0.2) is 63.9 Å². The maximum Gasteiger partial charge on any atom is 0.389 e. The molecule has 31 heavy (non-hydrogen) atoms. The van der Waals surface area contributed by atoms with Gasteiger partial charge in [-0.05, 0) is 18.6 Å². The fourth-order valence-corrected chi connectivity index (χ4v) is 3.34. The van der Waals surface area contributed by atoms with Crippen molar-refractivity contribution in [3.05, 3.63) is 41.7 Å². The van der Waals surface area contributed by atoms with E-state index in [1.165, 1.54) is 35.2 Å². The third-order valence-electron chi connectivity index (χ3n) is 4.99. The second-order valence-electron chi connectivity index (χ2n) is 7.11. The Labute approximate surface area is 176 Å². The first-order chi connectivity index (χ1) is 14.6. The largest absolute Gasteiger partial charge is 0.389 e. The van der Waals surface area contributed by atoms with E-state index >= 15 is 0 Å². The average Bonchev–Trinajstić information content (AvgIpc) is 2.73. The van der Waals surface area contributed by atoms with Gasteiger partial charge in [-0.2, -0.15) is 18.4 Å². The normalized spacial score (nSPS) is 16.9. The Hall–Kier alpha value is -3.68. The van der Waals surface area contributed by atoms with Crippen LogP contribution in [0, 0.1) is 11.3 Å². The van der Waals surface area contributed by atoms with E-state index in [0.29, 0.717) is 11.3 Å². The number of benzene rings is 1. The van der Waals surface area contributed by atoms with Crippen LogP contribution in [0.3, 0.4) is 0 Å². The molecule has 2 amide bonds. The first-order valence-electron chi connectivity index (χ1n) is 9.36.